The van der Waals surface area contributed by atoms with E-state index in [-0.39, 0.29) is 0 Å². The van der Waals surface area contributed by atoms with Crippen LogP contribution in [0.1, 0.15) is 0 Å². The van der Waals surface area contributed by atoms with Gasteiger partial charge >= 0.3 is 0 Å². The summed E-state index contributed by atoms with van der Waals surface area (Å²) in [4.78, 5) is 7.54. The average Bonchev–Trinajstić information content (AvgIpc) is 2.34. The third-order valence-corrected chi connectivity index (χ3v) is 1.32. The van der Waals surface area contributed by atoms with Gasteiger partial charge in [0, 0.05) is 17.8 Å². The summed E-state index contributed by atoms with van der Waals surface area (Å²) in [6.07, 6.45) is 4.38. The van der Waals surface area contributed by atoms with Crippen LogP contribution in [0, 0.1) is 5.21 Å². The molecule has 0 aliphatic carbocycles. The Labute approximate surface area is 56.7 Å². The molecule has 0 fully saturated rings. The molecule has 4 nitrogen and oxygen atoms in total. The van der Waals surface area contributed by atoms with Gasteiger partial charge in [-0.25, -0.2) is 9.97 Å². The van der Waals surface area contributed by atoms with Gasteiger partial charge in [0.15, 0.2) is 0 Å². The second kappa shape index (κ2) is 1.70. The van der Waals surface area contributed by atoms with E-state index in [0.29, 0.717) is 5.65 Å². The Morgan fingerprint density at radius 3 is 3.20 bits per heavy atom. The van der Waals surface area contributed by atoms with Crippen LogP contribution in [0.4, 0.5) is 0 Å². The van der Waals surface area contributed by atoms with Gasteiger partial charge in [-0.2, -0.15) is 0 Å². The smallest absolute Gasteiger partial charge is 0.138 e. The maximum Gasteiger partial charge on any atom is 0.138 e. The SMILES string of the molecule is [O-]n1ccc2cncnc21. The molecule has 0 unspecified atom stereocenters. The molecule has 2 aromatic rings. The molecule has 10 heavy (non-hydrogen) atoms. The lowest BCUT2D eigenvalue weighted by Crippen LogP contribution is -1.85. The Kier molecular flexibility index (Phi) is 0.887. The van der Waals surface area contributed by atoms with Crippen LogP contribution < -0.4 is 0 Å². The molecule has 0 aliphatic heterocycles. The van der Waals surface area contributed by atoms with Crippen molar-refractivity contribution in [2.24, 2.45) is 0 Å². The zero-order valence-corrected chi connectivity index (χ0v) is 5.06. The minimum atomic E-state index is 0.426. The van der Waals surface area contributed by atoms with Crippen molar-refractivity contribution in [1.82, 2.24) is 14.7 Å². The number of nitrogens with zero attached hydrogens (tertiary/aromatic N) is 3. The van der Waals surface area contributed by atoms with Crippen LogP contribution in [0.3, 0.4) is 0 Å². The van der Waals surface area contributed by atoms with Gasteiger partial charge in [-0.05, 0) is 6.07 Å². The van der Waals surface area contributed by atoms with Crippen LogP contribution >= 0.6 is 0 Å². The van der Waals surface area contributed by atoms with E-state index in [1.54, 1.807) is 12.3 Å². The number of aromatic nitrogens is 3. The molecule has 0 bridgehead atoms. The summed E-state index contributed by atoms with van der Waals surface area (Å²) >= 11 is 0. The second-order valence-electron chi connectivity index (χ2n) is 1.94. The third-order valence-electron chi connectivity index (χ3n) is 1.32. The Morgan fingerprint density at radius 1 is 1.50 bits per heavy atom. The first-order chi connectivity index (χ1) is 4.88. The predicted molar refractivity (Wildman–Crippen MR) is 36.3 cm³/mol. The molecule has 2 rings (SSSR count). The summed E-state index contributed by atoms with van der Waals surface area (Å²) in [6.45, 7) is 0. The fraction of sp³-hybridized carbons (Fsp3) is 0. The van der Waals surface area contributed by atoms with Crippen molar-refractivity contribution in [3.8, 4) is 0 Å². The Morgan fingerprint density at radius 2 is 2.40 bits per heavy atom. The van der Waals surface area contributed by atoms with Crippen LogP contribution in [-0.4, -0.2) is 14.7 Å². The van der Waals surface area contributed by atoms with E-state index in [1.807, 2.05) is 0 Å². The summed E-state index contributed by atoms with van der Waals surface area (Å²) in [5.41, 5.74) is 0.426. The molecular weight excluding hydrogens is 130 g/mol. The molecule has 0 spiro atoms. The molecule has 2 aromatic heterocycles. The second-order valence-corrected chi connectivity index (χ2v) is 1.94. The minimum absolute atomic E-state index is 0.426. The number of fused-ring (bicyclic) bond motifs is 1. The molecule has 4 heteroatoms. The Bertz CT molecular complexity index is 355. The lowest BCUT2D eigenvalue weighted by atomic mass is 10.4. The van der Waals surface area contributed by atoms with Crippen LogP contribution in [-0.2, 0) is 0 Å². The maximum atomic E-state index is 10.8. The van der Waals surface area contributed by atoms with Crippen LogP contribution in [0.25, 0.3) is 11.0 Å². The van der Waals surface area contributed by atoms with E-state index in [9.17, 15) is 5.21 Å². The molecule has 0 amide bonds. The monoisotopic (exact) mass is 134 g/mol. The fourth-order valence-corrected chi connectivity index (χ4v) is 0.854. The van der Waals surface area contributed by atoms with E-state index >= 15 is 0 Å². The molecule has 50 valence electrons. The van der Waals surface area contributed by atoms with Gasteiger partial charge < -0.3 is 9.94 Å². The minimum Gasteiger partial charge on any atom is -0.805 e. The lowest BCUT2D eigenvalue weighted by Gasteiger charge is -2.04. The summed E-state index contributed by atoms with van der Waals surface area (Å²) in [5.74, 6) is 0. The summed E-state index contributed by atoms with van der Waals surface area (Å²) in [6, 6.07) is 1.68. The topological polar surface area (TPSA) is 53.8 Å². The molecular formula is C6H4N3O-. The molecule has 0 atom stereocenters. The third kappa shape index (κ3) is 0.556. The summed E-state index contributed by atoms with van der Waals surface area (Å²) in [5, 5.41) is 11.6. The lowest BCUT2D eigenvalue weighted by molar-refractivity contribution is 1.09. The van der Waals surface area contributed by atoms with Crippen molar-refractivity contribution in [3.63, 3.8) is 0 Å². The van der Waals surface area contributed by atoms with Crippen molar-refractivity contribution < 1.29 is 0 Å². The van der Waals surface area contributed by atoms with E-state index in [1.165, 1.54) is 12.5 Å². The first kappa shape index (κ1) is 5.22. The highest BCUT2D eigenvalue weighted by molar-refractivity contribution is 5.74. The Hall–Kier alpha value is -1.58. The van der Waals surface area contributed by atoms with Crippen molar-refractivity contribution in [1.29, 1.82) is 0 Å². The predicted octanol–water partition coefficient (Wildman–Crippen LogP) is 0.777. The highest BCUT2D eigenvalue weighted by atomic mass is 16.5. The highest BCUT2D eigenvalue weighted by Gasteiger charge is 1.92. The van der Waals surface area contributed by atoms with E-state index in [2.05, 4.69) is 9.97 Å². The number of rotatable bonds is 0. The van der Waals surface area contributed by atoms with Crippen molar-refractivity contribution >= 4 is 11.0 Å². The zero-order valence-electron chi connectivity index (χ0n) is 5.06. The summed E-state index contributed by atoms with van der Waals surface area (Å²) < 4.78 is 0.719. The molecule has 0 aromatic carbocycles. The van der Waals surface area contributed by atoms with Crippen molar-refractivity contribution in [3.05, 3.63) is 30.0 Å². The standard InChI is InChI=1S/C6H4N3O/c10-9-2-1-5-3-7-4-8-6(5)9/h1-4H/q-1. The fourth-order valence-electron chi connectivity index (χ4n) is 0.854. The van der Waals surface area contributed by atoms with Crippen LogP contribution in [0.2, 0.25) is 0 Å². The molecule has 0 saturated heterocycles. The first-order valence-corrected chi connectivity index (χ1v) is 2.82. The van der Waals surface area contributed by atoms with Gasteiger partial charge in [0.2, 0.25) is 0 Å². The maximum absolute atomic E-state index is 10.8. The Balaban J connectivity index is 2.93. The molecule has 0 N–H and O–H groups in total. The highest BCUT2D eigenvalue weighted by Crippen LogP contribution is 2.08. The van der Waals surface area contributed by atoms with Gasteiger partial charge in [0.25, 0.3) is 0 Å². The van der Waals surface area contributed by atoms with Crippen molar-refractivity contribution in [2.75, 3.05) is 0 Å². The number of hydrogen-bond donors (Lipinski definition) is 0. The molecule has 0 radical (unpaired) electrons. The normalized spacial score (nSPS) is 10.4. The van der Waals surface area contributed by atoms with Crippen LogP contribution in [0.15, 0.2) is 24.8 Å². The largest absolute Gasteiger partial charge is 0.805 e. The molecule has 0 aliphatic rings. The van der Waals surface area contributed by atoms with Crippen molar-refractivity contribution in [2.45, 2.75) is 0 Å². The van der Waals surface area contributed by atoms with Gasteiger partial charge in [0.05, 0.1) is 0 Å². The van der Waals surface area contributed by atoms with Gasteiger partial charge in [-0.3, -0.25) is 0 Å². The van der Waals surface area contributed by atoms with Gasteiger partial charge in [0.1, 0.15) is 12.0 Å². The molecule has 2 heterocycles. The van der Waals surface area contributed by atoms with Gasteiger partial charge in [-0.15, -0.1) is 0 Å². The molecule has 0 saturated carbocycles. The quantitative estimate of drug-likeness (QED) is 0.534. The van der Waals surface area contributed by atoms with Crippen LogP contribution in [0.5, 0.6) is 0 Å². The van der Waals surface area contributed by atoms with E-state index in [0.717, 1.165) is 10.1 Å². The zero-order chi connectivity index (χ0) is 6.97. The van der Waals surface area contributed by atoms with E-state index in [4.69, 9.17) is 0 Å². The first-order valence-electron chi connectivity index (χ1n) is 2.82. The van der Waals surface area contributed by atoms with Gasteiger partial charge in [-0.1, -0.05) is 0 Å². The average molecular weight is 134 g/mol. The summed E-state index contributed by atoms with van der Waals surface area (Å²) in [7, 11) is 0. The van der Waals surface area contributed by atoms with E-state index < -0.39 is 0 Å². The number of hydrogen-bond acceptors (Lipinski definition) is 3.